The maximum absolute atomic E-state index is 12.8. The van der Waals surface area contributed by atoms with Crippen LogP contribution < -0.4 is 4.74 Å². The lowest BCUT2D eigenvalue weighted by atomic mass is 10.1. The molecule has 1 heterocycles. The van der Waals surface area contributed by atoms with Crippen molar-refractivity contribution in [1.82, 2.24) is 9.21 Å². The molecule has 150 valence electrons. The normalized spacial score (nSPS) is 16.1. The molecule has 0 N–H and O–H groups in total. The number of aryl methyl sites for hydroxylation is 1. The molecule has 3 rings (SSSR count). The largest absolute Gasteiger partial charge is 0.496 e. The number of ketones is 1. The molecule has 0 amide bonds. The van der Waals surface area contributed by atoms with Crippen LogP contribution in [0, 0.1) is 6.92 Å². The second-order valence-electron chi connectivity index (χ2n) is 7.08. The van der Waals surface area contributed by atoms with Crippen molar-refractivity contribution in [2.75, 3.05) is 33.3 Å². The molecule has 0 aliphatic carbocycles. The van der Waals surface area contributed by atoms with Crippen LogP contribution in [0.5, 0.6) is 5.75 Å². The molecule has 0 unspecified atom stereocenters. The minimum absolute atomic E-state index is 0.0120. The number of Topliss-reactive ketones (excluding diaryl/α,β-unsaturated/α-hetero) is 1. The molecule has 0 spiro atoms. The highest BCUT2D eigenvalue weighted by Crippen LogP contribution is 2.24. The minimum atomic E-state index is -3.47. The summed E-state index contributed by atoms with van der Waals surface area (Å²) in [7, 11) is -1.86. The number of carbonyl (C=O) groups is 1. The van der Waals surface area contributed by atoms with Gasteiger partial charge in [0.05, 0.1) is 12.0 Å². The zero-order valence-electron chi connectivity index (χ0n) is 16.5. The fourth-order valence-electron chi connectivity index (χ4n) is 3.35. The number of carbonyl (C=O) groups excluding carboxylic acids is 1. The lowest BCUT2D eigenvalue weighted by molar-refractivity contribution is 0.101. The zero-order valence-corrected chi connectivity index (χ0v) is 17.3. The Labute approximate surface area is 166 Å². The van der Waals surface area contributed by atoms with Crippen LogP contribution in [0.3, 0.4) is 0 Å². The molecule has 1 saturated heterocycles. The summed E-state index contributed by atoms with van der Waals surface area (Å²) in [5.74, 6) is 0.748. The Balaban J connectivity index is 1.68. The van der Waals surface area contributed by atoms with Gasteiger partial charge in [0.15, 0.2) is 5.78 Å². The summed E-state index contributed by atoms with van der Waals surface area (Å²) in [5, 5.41) is 0. The molecule has 0 aromatic heterocycles. The summed E-state index contributed by atoms with van der Waals surface area (Å²) in [5.41, 5.74) is 2.62. The number of rotatable bonds is 6. The van der Waals surface area contributed by atoms with Crippen molar-refractivity contribution in [2.45, 2.75) is 25.3 Å². The van der Waals surface area contributed by atoms with Gasteiger partial charge in [-0.15, -0.1) is 0 Å². The van der Waals surface area contributed by atoms with E-state index >= 15 is 0 Å². The first-order valence-corrected chi connectivity index (χ1v) is 10.7. The van der Waals surface area contributed by atoms with Crippen LogP contribution in [0.1, 0.15) is 28.4 Å². The van der Waals surface area contributed by atoms with E-state index in [4.69, 9.17) is 4.74 Å². The van der Waals surface area contributed by atoms with Crippen LogP contribution in [-0.2, 0) is 16.6 Å². The summed E-state index contributed by atoms with van der Waals surface area (Å²) in [6, 6.07) is 12.4. The van der Waals surface area contributed by atoms with Crippen LogP contribution in [0.2, 0.25) is 0 Å². The summed E-state index contributed by atoms with van der Waals surface area (Å²) < 4.78 is 32.6. The first kappa shape index (κ1) is 20.5. The van der Waals surface area contributed by atoms with E-state index in [0.717, 1.165) is 16.9 Å². The average Bonchev–Trinajstić information content (AvgIpc) is 2.68. The molecule has 0 radical (unpaired) electrons. The minimum Gasteiger partial charge on any atom is -0.496 e. The molecule has 28 heavy (non-hydrogen) atoms. The zero-order chi connectivity index (χ0) is 20.3. The SMILES string of the molecule is COc1ccc(C(C)=O)cc1CN1CCN(S(=O)(=O)c2ccc(C)cc2)CC1. The second-order valence-corrected chi connectivity index (χ2v) is 9.01. The van der Waals surface area contributed by atoms with Gasteiger partial charge in [0.1, 0.15) is 5.75 Å². The fraction of sp³-hybridized carbons (Fsp3) is 0.381. The molecule has 1 aliphatic heterocycles. The lowest BCUT2D eigenvalue weighted by Crippen LogP contribution is -2.48. The predicted octanol–water partition coefficient (Wildman–Crippen LogP) is 2.71. The first-order chi connectivity index (χ1) is 13.3. The van der Waals surface area contributed by atoms with Crippen molar-refractivity contribution >= 4 is 15.8 Å². The molecular weight excluding hydrogens is 376 g/mol. The highest BCUT2D eigenvalue weighted by atomic mass is 32.2. The number of piperazine rings is 1. The topological polar surface area (TPSA) is 66.9 Å². The number of ether oxygens (including phenoxy) is 1. The van der Waals surface area contributed by atoms with Gasteiger partial charge in [0.2, 0.25) is 10.0 Å². The molecule has 2 aromatic carbocycles. The van der Waals surface area contributed by atoms with E-state index in [2.05, 4.69) is 4.90 Å². The van der Waals surface area contributed by atoms with Gasteiger partial charge in [-0.1, -0.05) is 17.7 Å². The number of methoxy groups -OCH3 is 1. The van der Waals surface area contributed by atoms with E-state index in [-0.39, 0.29) is 5.78 Å². The third-order valence-corrected chi connectivity index (χ3v) is 6.98. The molecule has 0 bridgehead atoms. The van der Waals surface area contributed by atoms with Crippen LogP contribution in [0.15, 0.2) is 47.4 Å². The van der Waals surface area contributed by atoms with Crippen molar-refractivity contribution in [3.63, 3.8) is 0 Å². The predicted molar refractivity (Wildman–Crippen MR) is 108 cm³/mol. The second kappa shape index (κ2) is 8.43. The highest BCUT2D eigenvalue weighted by molar-refractivity contribution is 7.89. The number of benzene rings is 2. The van der Waals surface area contributed by atoms with Gasteiger partial charge in [-0.3, -0.25) is 9.69 Å². The van der Waals surface area contributed by atoms with Crippen LogP contribution in [-0.4, -0.2) is 56.7 Å². The fourth-order valence-corrected chi connectivity index (χ4v) is 4.77. The van der Waals surface area contributed by atoms with E-state index < -0.39 is 10.0 Å². The van der Waals surface area contributed by atoms with Crippen LogP contribution in [0.25, 0.3) is 0 Å². The molecule has 2 aromatic rings. The molecule has 1 fully saturated rings. The van der Waals surface area contributed by atoms with E-state index in [1.807, 2.05) is 31.2 Å². The molecular formula is C21H26N2O4S. The van der Waals surface area contributed by atoms with Gasteiger partial charge in [-0.05, 0) is 44.2 Å². The van der Waals surface area contributed by atoms with Crippen LogP contribution in [0.4, 0.5) is 0 Å². The lowest BCUT2D eigenvalue weighted by Gasteiger charge is -2.34. The van der Waals surface area contributed by atoms with Crippen molar-refractivity contribution in [3.8, 4) is 5.75 Å². The Morgan fingerprint density at radius 1 is 1.04 bits per heavy atom. The van der Waals surface area contributed by atoms with Gasteiger partial charge in [-0.2, -0.15) is 4.31 Å². The van der Waals surface area contributed by atoms with Crippen molar-refractivity contribution in [1.29, 1.82) is 0 Å². The van der Waals surface area contributed by atoms with Crippen molar-refractivity contribution < 1.29 is 17.9 Å². The number of hydrogen-bond donors (Lipinski definition) is 0. The first-order valence-electron chi connectivity index (χ1n) is 9.28. The van der Waals surface area contributed by atoms with E-state index in [0.29, 0.717) is 43.2 Å². The van der Waals surface area contributed by atoms with Gasteiger partial charge in [0, 0.05) is 43.9 Å². The Bertz CT molecular complexity index is 947. The molecule has 7 heteroatoms. The van der Waals surface area contributed by atoms with E-state index in [1.165, 1.54) is 4.31 Å². The Hall–Kier alpha value is -2.22. The number of nitrogens with zero attached hydrogens (tertiary/aromatic N) is 2. The Morgan fingerprint density at radius 2 is 1.68 bits per heavy atom. The standard InChI is InChI=1S/C21H26N2O4S/c1-16-4-7-20(8-5-16)28(25,26)23-12-10-22(11-13-23)15-19-14-18(17(2)24)6-9-21(19)27-3/h4-9,14H,10-13,15H2,1-3H3. The molecule has 0 atom stereocenters. The van der Waals surface area contributed by atoms with Gasteiger partial charge in [0.25, 0.3) is 0 Å². The van der Waals surface area contributed by atoms with Crippen LogP contribution >= 0.6 is 0 Å². The smallest absolute Gasteiger partial charge is 0.243 e. The Morgan fingerprint density at radius 3 is 2.25 bits per heavy atom. The highest BCUT2D eigenvalue weighted by Gasteiger charge is 2.28. The van der Waals surface area contributed by atoms with Gasteiger partial charge < -0.3 is 4.74 Å². The van der Waals surface area contributed by atoms with Gasteiger partial charge >= 0.3 is 0 Å². The van der Waals surface area contributed by atoms with Gasteiger partial charge in [-0.25, -0.2) is 8.42 Å². The quantitative estimate of drug-likeness (QED) is 0.695. The van der Waals surface area contributed by atoms with Crippen molar-refractivity contribution in [3.05, 3.63) is 59.2 Å². The number of hydrogen-bond acceptors (Lipinski definition) is 5. The monoisotopic (exact) mass is 402 g/mol. The van der Waals surface area contributed by atoms with E-state index in [1.54, 1.807) is 32.2 Å². The summed E-state index contributed by atoms with van der Waals surface area (Å²) in [6.07, 6.45) is 0. The average molecular weight is 403 g/mol. The molecule has 1 aliphatic rings. The van der Waals surface area contributed by atoms with E-state index in [9.17, 15) is 13.2 Å². The number of sulfonamides is 1. The maximum Gasteiger partial charge on any atom is 0.243 e. The van der Waals surface area contributed by atoms with Crippen molar-refractivity contribution in [2.24, 2.45) is 0 Å². The third kappa shape index (κ3) is 4.43. The maximum atomic E-state index is 12.8. The molecule has 6 nitrogen and oxygen atoms in total. The third-order valence-electron chi connectivity index (χ3n) is 5.07. The Kier molecular flexibility index (Phi) is 6.17. The summed E-state index contributed by atoms with van der Waals surface area (Å²) in [4.78, 5) is 14.2. The summed E-state index contributed by atoms with van der Waals surface area (Å²) >= 11 is 0. The molecule has 0 saturated carbocycles. The summed E-state index contributed by atoms with van der Waals surface area (Å²) in [6.45, 7) is 6.21.